The van der Waals surface area contributed by atoms with Gasteiger partial charge in [0, 0.05) is 111 Å². The molecule has 3 fully saturated rings. The number of aliphatic hydroxyl groups is 4. The highest BCUT2D eigenvalue weighted by Crippen LogP contribution is 2.67. The van der Waals surface area contributed by atoms with Crippen LogP contribution in [0.15, 0.2) is 48.6 Å². The Hall–Kier alpha value is -5.65. The number of methoxy groups -OCH3 is 3. The molecule has 6 unspecified atom stereocenters. The average Bonchev–Trinajstić information content (AvgIpc) is 3.18. The SMILES string of the molecule is CCC(CO)OC(COC(=O)CCCC(=O)NC(C)C(=O)OCCCNC(=O)[C@]1(O)C2N(C)c3cc(OC)c([C@@]4(C(=O)OC)C[C@@H]5C[N@](CCc6c4[nH]c4ccccc64)CC(O)(CC)C5)cc3[C@@]23CCN2CC=C[C@](CC)(C23)[C@H]1O)OC. The number of likely N-dealkylation sites (N-methyl/N-ethyl adjacent to an activating group) is 1. The van der Waals surface area contributed by atoms with Gasteiger partial charge in [-0.25, -0.2) is 4.79 Å². The molecule has 1 aliphatic carbocycles. The Morgan fingerprint density at radius 2 is 1.72 bits per heavy atom. The highest BCUT2D eigenvalue weighted by atomic mass is 16.7. The van der Waals surface area contributed by atoms with E-state index in [1.165, 1.54) is 21.1 Å². The third-order valence-corrected chi connectivity index (χ3v) is 19.2. The van der Waals surface area contributed by atoms with Crippen molar-refractivity contribution in [1.29, 1.82) is 0 Å². The number of aromatic amines is 1. The second-order valence-electron chi connectivity index (χ2n) is 23.7. The van der Waals surface area contributed by atoms with Gasteiger partial charge in [-0.1, -0.05) is 51.1 Å². The highest BCUT2D eigenvalue weighted by molar-refractivity contribution is 5.95. The molecule has 450 valence electrons. The van der Waals surface area contributed by atoms with E-state index in [1.807, 2.05) is 69.1 Å². The number of amides is 2. The Morgan fingerprint density at radius 1 is 0.939 bits per heavy atom. The lowest BCUT2D eigenvalue weighted by Crippen LogP contribution is -2.81. The molecule has 2 aromatic carbocycles. The summed E-state index contributed by atoms with van der Waals surface area (Å²) in [5.41, 5.74) is -2.33. The summed E-state index contributed by atoms with van der Waals surface area (Å²) in [6.45, 7) is 9.80. The predicted molar refractivity (Wildman–Crippen MR) is 303 cm³/mol. The highest BCUT2D eigenvalue weighted by Gasteiger charge is 2.78. The van der Waals surface area contributed by atoms with Crippen LogP contribution in [-0.4, -0.2) is 200 Å². The van der Waals surface area contributed by atoms with Crippen LogP contribution in [0.5, 0.6) is 5.75 Å². The van der Waals surface area contributed by atoms with Gasteiger partial charge in [-0.15, -0.1) is 0 Å². The first kappa shape index (κ1) is 60.9. The maximum atomic E-state index is 15.5. The summed E-state index contributed by atoms with van der Waals surface area (Å²) in [6.07, 6.45) is 4.61. The zero-order chi connectivity index (χ0) is 58.9. The number of aromatic nitrogens is 1. The van der Waals surface area contributed by atoms with Gasteiger partial charge in [0.05, 0.1) is 45.2 Å². The zero-order valence-corrected chi connectivity index (χ0v) is 48.9. The van der Waals surface area contributed by atoms with Crippen molar-refractivity contribution >= 4 is 46.3 Å². The molecule has 1 aromatic heterocycles. The molecule has 2 saturated heterocycles. The van der Waals surface area contributed by atoms with Crippen molar-refractivity contribution in [1.82, 2.24) is 25.4 Å². The van der Waals surface area contributed by atoms with Crippen LogP contribution in [0, 0.1) is 11.3 Å². The van der Waals surface area contributed by atoms with Gasteiger partial charge in [0.2, 0.25) is 5.91 Å². The van der Waals surface area contributed by atoms with Crippen molar-refractivity contribution < 1.29 is 72.8 Å². The number of hydrogen-bond acceptors (Lipinski definition) is 18. The molecule has 21 nitrogen and oxygen atoms in total. The van der Waals surface area contributed by atoms with E-state index in [1.54, 1.807) is 7.11 Å². The van der Waals surface area contributed by atoms with E-state index in [4.69, 9.17) is 28.4 Å². The summed E-state index contributed by atoms with van der Waals surface area (Å²) in [4.78, 5) is 79.2. The van der Waals surface area contributed by atoms with Crippen LogP contribution in [-0.2, 0) is 64.9 Å². The monoisotopic (exact) mass is 1140 g/mol. The first-order valence-electron chi connectivity index (χ1n) is 29.4. The van der Waals surface area contributed by atoms with Crippen LogP contribution in [0.4, 0.5) is 5.69 Å². The molecule has 3 aromatic rings. The summed E-state index contributed by atoms with van der Waals surface area (Å²) in [7, 11) is 6.22. The van der Waals surface area contributed by atoms with Crippen molar-refractivity contribution in [2.75, 3.05) is 92.4 Å². The fraction of sp³-hybridized carbons (Fsp3) is 0.656. The number of anilines is 1. The molecule has 13 atom stereocenters. The second kappa shape index (κ2) is 24.5. The number of H-pyrrole nitrogens is 1. The van der Waals surface area contributed by atoms with E-state index in [2.05, 4.69) is 37.6 Å². The molecule has 7 N–H and O–H groups in total. The number of para-hydroxylation sites is 1. The fourth-order valence-corrected chi connectivity index (χ4v) is 15.4. The maximum absolute atomic E-state index is 15.5. The maximum Gasteiger partial charge on any atom is 0.328 e. The van der Waals surface area contributed by atoms with Crippen molar-refractivity contribution in [2.24, 2.45) is 11.3 Å². The van der Waals surface area contributed by atoms with Gasteiger partial charge in [-0.2, -0.15) is 0 Å². The molecule has 2 amide bonds. The number of hydrogen-bond donors (Lipinski definition) is 7. The van der Waals surface area contributed by atoms with Gasteiger partial charge < -0.3 is 69.4 Å². The Balaban J connectivity index is 0.962. The zero-order valence-electron chi connectivity index (χ0n) is 48.9. The molecule has 9 rings (SSSR count). The summed E-state index contributed by atoms with van der Waals surface area (Å²) in [6, 6.07) is 9.63. The number of benzene rings is 2. The molecule has 0 radical (unpaired) electrons. The summed E-state index contributed by atoms with van der Waals surface area (Å²) in [5.74, 6) is -2.75. The molecule has 6 aliphatic rings. The third-order valence-electron chi connectivity index (χ3n) is 19.2. The minimum atomic E-state index is -2.42. The van der Waals surface area contributed by atoms with E-state index in [0.717, 1.165) is 22.0 Å². The number of nitrogens with one attached hydrogen (secondary N) is 3. The molecular formula is C61H86N6O15. The summed E-state index contributed by atoms with van der Waals surface area (Å²) >= 11 is 0. The van der Waals surface area contributed by atoms with Crippen molar-refractivity contribution in [2.45, 2.75) is 157 Å². The van der Waals surface area contributed by atoms with Crippen LogP contribution in [0.1, 0.15) is 114 Å². The average molecular weight is 1140 g/mol. The number of carbonyl (C=O) groups is 5. The largest absolute Gasteiger partial charge is 0.496 e. The third kappa shape index (κ3) is 10.5. The predicted octanol–water partition coefficient (Wildman–Crippen LogP) is 3.27. The van der Waals surface area contributed by atoms with Crippen LogP contribution in [0.25, 0.3) is 10.9 Å². The lowest BCUT2D eigenvalue weighted by molar-refractivity contribution is -0.203. The number of aliphatic hydroxyl groups excluding tert-OH is 2. The van der Waals surface area contributed by atoms with Crippen molar-refractivity contribution in [3.63, 3.8) is 0 Å². The molecule has 1 spiro atoms. The van der Waals surface area contributed by atoms with Gasteiger partial charge in [-0.05, 0) is 100 Å². The molecule has 5 aliphatic heterocycles. The smallest absolute Gasteiger partial charge is 0.328 e. The Morgan fingerprint density at radius 3 is 2.43 bits per heavy atom. The minimum absolute atomic E-state index is 0.0328. The molecule has 2 bridgehead atoms. The van der Waals surface area contributed by atoms with E-state index < -0.39 is 87.8 Å². The quantitative estimate of drug-likeness (QED) is 0.0236. The van der Waals surface area contributed by atoms with E-state index >= 15 is 9.59 Å². The number of carbonyl (C=O) groups excluding carboxylic acids is 5. The normalized spacial score (nSPS) is 31.0. The fourth-order valence-electron chi connectivity index (χ4n) is 15.4. The number of nitrogens with zero attached hydrogens (tertiary/aromatic N) is 3. The van der Waals surface area contributed by atoms with Crippen LogP contribution >= 0.6 is 0 Å². The molecule has 21 heteroatoms. The van der Waals surface area contributed by atoms with Gasteiger partial charge >= 0.3 is 17.9 Å². The van der Waals surface area contributed by atoms with E-state index in [0.29, 0.717) is 93.9 Å². The summed E-state index contributed by atoms with van der Waals surface area (Å²) < 4.78 is 33.9. The van der Waals surface area contributed by atoms with E-state index in [9.17, 15) is 34.8 Å². The minimum Gasteiger partial charge on any atom is -0.496 e. The molecule has 6 heterocycles. The van der Waals surface area contributed by atoms with Crippen molar-refractivity contribution in [3.05, 3.63) is 70.9 Å². The van der Waals surface area contributed by atoms with Gasteiger partial charge in [0.25, 0.3) is 5.91 Å². The molecule has 82 heavy (non-hydrogen) atoms. The Labute approximate surface area is 480 Å². The molecule has 1 saturated carbocycles. The van der Waals surface area contributed by atoms with Crippen molar-refractivity contribution in [3.8, 4) is 5.75 Å². The van der Waals surface area contributed by atoms with Gasteiger partial charge in [0.1, 0.15) is 29.9 Å². The number of piperidine rings is 1. The summed E-state index contributed by atoms with van der Waals surface area (Å²) in [5, 5.41) is 54.6. The van der Waals surface area contributed by atoms with Gasteiger partial charge in [-0.3, -0.25) is 29.0 Å². The van der Waals surface area contributed by atoms with Crippen LogP contribution in [0.3, 0.4) is 0 Å². The first-order chi connectivity index (χ1) is 39.3. The number of fused-ring (bicyclic) bond motifs is 6. The lowest BCUT2D eigenvalue weighted by Gasteiger charge is -2.63. The molecular weight excluding hydrogens is 1060 g/mol. The van der Waals surface area contributed by atoms with Gasteiger partial charge in [0.15, 0.2) is 11.9 Å². The Kier molecular flexibility index (Phi) is 18.2. The first-order valence-corrected chi connectivity index (χ1v) is 29.4. The topological polar surface area (TPSA) is 271 Å². The van der Waals surface area contributed by atoms with Crippen LogP contribution < -0.4 is 20.3 Å². The standard InChI is InChI=1S/C61H86N6O15/c1-9-39(34-68)82-49(78-7)35-81-48(70)20-14-19-47(69)63-37(4)51(71)80-28-16-24-62-55(73)61(76)53-59(23-27-67-25-15-22-58(11-3,52(59)67)54(61)72)42-29-43(46(77-6)30-45(42)65(53)5)60(56(74)79-8)32-38-31-57(75,10-2)36-66(33-38)26-21-41-40-17-12-13-18-44(40)64-50(41)60/h12-13,15,17-18,22,29-30,37-39,49,52-54,64,68,72,75-76H,9-11,14,16,19-21,23-28,31-36H2,1-8H3,(H,62,73)(H,63,69)/t37?,38-,39?,49?,52?,53?,54-,57?,58-,59-,60+,61+/m1/s1. The van der Waals surface area contributed by atoms with E-state index in [-0.39, 0.29) is 70.4 Å². The number of rotatable bonds is 23. The Bertz CT molecular complexity index is 2880. The van der Waals surface area contributed by atoms with Crippen LogP contribution in [0.2, 0.25) is 0 Å². The number of ether oxygens (including phenoxy) is 6. The second-order valence-corrected chi connectivity index (χ2v) is 23.7. The lowest BCUT2D eigenvalue weighted by atomic mass is 9.47. The number of esters is 3.